The number of hydrogen-bond acceptors (Lipinski definition) is 4. The van der Waals surface area contributed by atoms with Crippen LogP contribution in [0.25, 0.3) is 11.3 Å². The summed E-state index contributed by atoms with van der Waals surface area (Å²) in [6.45, 7) is 7.90. The lowest BCUT2D eigenvalue weighted by atomic mass is 10.1. The molecule has 1 fully saturated rings. The predicted octanol–water partition coefficient (Wildman–Crippen LogP) is 3.86. The number of carbonyl (C=O) groups excluding carboxylic acids is 2. The van der Waals surface area contributed by atoms with Crippen LogP contribution in [0, 0.1) is 5.92 Å². The number of phenolic OH excluding ortho intramolecular Hbond substituents is 1. The van der Waals surface area contributed by atoms with Crippen LogP contribution < -0.4 is 10.6 Å². The standard InChI is InChI=1S/C21H26N4O3/c1-4-9-22-21(28)25-18(14-5-6-14)12-17(24-25)16-8-7-15(11-19(16)26)23-20(27)10-13(2)3/h4,7-8,11-14,26H,1,5-6,9-10H2,2-3H3,(H,22,28)(H,23,27). The van der Waals surface area contributed by atoms with E-state index in [1.807, 2.05) is 19.9 Å². The molecule has 0 atom stereocenters. The lowest BCUT2D eigenvalue weighted by molar-refractivity contribution is -0.116. The van der Waals surface area contributed by atoms with Crippen LogP contribution in [-0.4, -0.2) is 33.4 Å². The van der Waals surface area contributed by atoms with E-state index in [9.17, 15) is 14.7 Å². The topological polar surface area (TPSA) is 96.3 Å². The molecule has 1 heterocycles. The molecule has 1 aliphatic carbocycles. The predicted molar refractivity (Wildman–Crippen MR) is 108 cm³/mol. The van der Waals surface area contributed by atoms with Crippen LogP contribution in [0.4, 0.5) is 10.5 Å². The zero-order valence-electron chi connectivity index (χ0n) is 16.2. The Labute approximate surface area is 164 Å². The third-order valence-electron chi connectivity index (χ3n) is 4.47. The molecule has 0 unspecified atom stereocenters. The molecule has 0 radical (unpaired) electrons. The highest BCUT2D eigenvalue weighted by molar-refractivity contribution is 5.91. The van der Waals surface area contributed by atoms with Crippen molar-refractivity contribution in [2.24, 2.45) is 5.92 Å². The van der Waals surface area contributed by atoms with Crippen molar-refractivity contribution in [2.45, 2.75) is 39.0 Å². The van der Waals surface area contributed by atoms with Gasteiger partial charge in [-0.05, 0) is 37.0 Å². The normalized spacial score (nSPS) is 13.4. The third-order valence-corrected chi connectivity index (χ3v) is 4.47. The Morgan fingerprint density at radius 1 is 1.36 bits per heavy atom. The van der Waals surface area contributed by atoms with Crippen molar-refractivity contribution < 1.29 is 14.7 Å². The van der Waals surface area contributed by atoms with Crippen molar-refractivity contribution in [3.05, 3.63) is 42.6 Å². The highest BCUT2D eigenvalue weighted by Crippen LogP contribution is 2.42. The van der Waals surface area contributed by atoms with Crippen LogP contribution in [-0.2, 0) is 4.79 Å². The summed E-state index contributed by atoms with van der Waals surface area (Å²) in [5.74, 6) is 0.472. The van der Waals surface area contributed by atoms with Crippen LogP contribution in [0.15, 0.2) is 36.9 Å². The number of aromatic nitrogens is 2. The summed E-state index contributed by atoms with van der Waals surface area (Å²) in [5, 5.41) is 20.4. The maximum absolute atomic E-state index is 12.4. The molecule has 3 N–H and O–H groups in total. The van der Waals surface area contributed by atoms with Crippen molar-refractivity contribution in [3.8, 4) is 17.0 Å². The van der Waals surface area contributed by atoms with Gasteiger partial charge in [0.15, 0.2) is 0 Å². The quantitative estimate of drug-likeness (QED) is 0.634. The Hall–Kier alpha value is -3.09. The maximum atomic E-state index is 12.4. The molecule has 1 aromatic heterocycles. The van der Waals surface area contributed by atoms with Gasteiger partial charge in [-0.1, -0.05) is 19.9 Å². The lowest BCUT2D eigenvalue weighted by Crippen LogP contribution is -2.30. The van der Waals surface area contributed by atoms with E-state index in [4.69, 9.17) is 0 Å². The van der Waals surface area contributed by atoms with E-state index in [1.54, 1.807) is 18.2 Å². The van der Waals surface area contributed by atoms with Crippen LogP contribution in [0.5, 0.6) is 5.75 Å². The minimum Gasteiger partial charge on any atom is -0.507 e. The summed E-state index contributed by atoms with van der Waals surface area (Å²) < 4.78 is 1.37. The van der Waals surface area contributed by atoms with Crippen LogP contribution >= 0.6 is 0 Å². The highest BCUT2D eigenvalue weighted by Gasteiger charge is 2.30. The van der Waals surface area contributed by atoms with Gasteiger partial charge in [0, 0.05) is 36.2 Å². The van der Waals surface area contributed by atoms with E-state index in [1.165, 1.54) is 10.7 Å². The SMILES string of the molecule is C=CCNC(=O)n1nc(-c2ccc(NC(=O)CC(C)C)cc2O)cc1C1CC1. The zero-order valence-corrected chi connectivity index (χ0v) is 16.2. The first kappa shape index (κ1) is 19.7. The Morgan fingerprint density at radius 2 is 2.11 bits per heavy atom. The van der Waals surface area contributed by atoms with Gasteiger partial charge in [0.25, 0.3) is 0 Å². The molecule has 1 aromatic carbocycles. The molecule has 1 aliphatic rings. The van der Waals surface area contributed by atoms with Gasteiger partial charge >= 0.3 is 6.03 Å². The minimum absolute atomic E-state index is 0.000781. The number of carbonyl (C=O) groups is 2. The molecule has 7 heteroatoms. The number of phenols is 1. The number of anilines is 1. The Balaban J connectivity index is 1.84. The molecule has 0 saturated heterocycles. The molecule has 2 amide bonds. The number of nitrogens with one attached hydrogen (secondary N) is 2. The minimum atomic E-state index is -0.315. The lowest BCUT2D eigenvalue weighted by Gasteiger charge is -2.09. The molecular formula is C21H26N4O3. The molecule has 3 rings (SSSR count). The molecule has 2 aromatic rings. The first-order chi connectivity index (χ1) is 13.4. The number of benzene rings is 1. The van der Waals surface area contributed by atoms with E-state index in [0.29, 0.717) is 35.8 Å². The summed E-state index contributed by atoms with van der Waals surface area (Å²) >= 11 is 0. The van der Waals surface area contributed by atoms with Crippen molar-refractivity contribution in [2.75, 3.05) is 11.9 Å². The van der Waals surface area contributed by atoms with Gasteiger partial charge < -0.3 is 15.7 Å². The second-order valence-electron chi connectivity index (χ2n) is 7.49. The molecule has 0 bridgehead atoms. The van der Waals surface area contributed by atoms with E-state index in [-0.39, 0.29) is 23.6 Å². The average molecular weight is 382 g/mol. The maximum Gasteiger partial charge on any atom is 0.342 e. The zero-order chi connectivity index (χ0) is 20.3. The molecule has 0 spiro atoms. The van der Waals surface area contributed by atoms with E-state index < -0.39 is 0 Å². The van der Waals surface area contributed by atoms with Gasteiger partial charge in [0.05, 0.1) is 11.4 Å². The summed E-state index contributed by atoms with van der Waals surface area (Å²) in [7, 11) is 0. The van der Waals surface area contributed by atoms with Gasteiger partial charge in [0.1, 0.15) is 5.75 Å². The number of aromatic hydroxyl groups is 1. The van der Waals surface area contributed by atoms with Crippen molar-refractivity contribution in [1.82, 2.24) is 15.1 Å². The summed E-state index contributed by atoms with van der Waals surface area (Å²) in [6.07, 6.45) is 4.06. The molecule has 28 heavy (non-hydrogen) atoms. The largest absolute Gasteiger partial charge is 0.507 e. The van der Waals surface area contributed by atoms with E-state index in [0.717, 1.165) is 18.5 Å². The highest BCUT2D eigenvalue weighted by atomic mass is 16.3. The molecule has 7 nitrogen and oxygen atoms in total. The second kappa shape index (κ2) is 8.29. The Kier molecular flexibility index (Phi) is 5.82. The van der Waals surface area contributed by atoms with Gasteiger partial charge in [-0.2, -0.15) is 9.78 Å². The van der Waals surface area contributed by atoms with E-state index in [2.05, 4.69) is 22.3 Å². The molecule has 1 saturated carbocycles. The molecule has 0 aliphatic heterocycles. The van der Waals surface area contributed by atoms with Gasteiger partial charge in [0.2, 0.25) is 5.91 Å². The smallest absolute Gasteiger partial charge is 0.342 e. The number of rotatable bonds is 7. The molecular weight excluding hydrogens is 356 g/mol. The Morgan fingerprint density at radius 3 is 2.71 bits per heavy atom. The van der Waals surface area contributed by atoms with Crippen molar-refractivity contribution in [3.63, 3.8) is 0 Å². The third kappa shape index (κ3) is 4.60. The summed E-state index contributed by atoms with van der Waals surface area (Å²) in [5.41, 5.74) is 2.40. The van der Waals surface area contributed by atoms with Crippen LogP contribution in [0.3, 0.4) is 0 Å². The number of hydrogen-bond donors (Lipinski definition) is 3. The monoisotopic (exact) mass is 382 g/mol. The van der Waals surface area contributed by atoms with Gasteiger partial charge in [-0.25, -0.2) is 4.79 Å². The summed E-state index contributed by atoms with van der Waals surface area (Å²) in [4.78, 5) is 24.3. The fourth-order valence-electron chi connectivity index (χ4n) is 3.00. The van der Waals surface area contributed by atoms with E-state index >= 15 is 0 Å². The molecule has 148 valence electrons. The van der Waals surface area contributed by atoms with Gasteiger partial charge in [-0.15, -0.1) is 6.58 Å². The Bertz CT molecular complexity index is 897. The second-order valence-corrected chi connectivity index (χ2v) is 7.49. The van der Waals surface area contributed by atoms with Gasteiger partial charge in [-0.3, -0.25) is 4.79 Å². The van der Waals surface area contributed by atoms with Crippen LogP contribution in [0.1, 0.15) is 44.7 Å². The average Bonchev–Trinajstić information content (AvgIpc) is 3.38. The number of nitrogens with zero attached hydrogens (tertiary/aromatic N) is 2. The first-order valence-corrected chi connectivity index (χ1v) is 9.51. The van der Waals surface area contributed by atoms with Crippen molar-refractivity contribution in [1.29, 1.82) is 0 Å². The van der Waals surface area contributed by atoms with Crippen molar-refractivity contribution >= 4 is 17.6 Å². The fraction of sp³-hybridized carbons (Fsp3) is 0.381. The van der Waals surface area contributed by atoms with Crippen LogP contribution in [0.2, 0.25) is 0 Å². The summed E-state index contributed by atoms with van der Waals surface area (Å²) in [6, 6.07) is 6.45. The number of amides is 2. The fourth-order valence-corrected chi connectivity index (χ4v) is 3.00. The first-order valence-electron chi connectivity index (χ1n) is 9.51.